The zero-order valence-electron chi connectivity index (χ0n) is 16.8. The molecule has 7 heteroatoms. The molecular formula is C23H20N4O2S. The van der Waals surface area contributed by atoms with Gasteiger partial charge < -0.3 is 4.74 Å². The highest BCUT2D eigenvalue weighted by molar-refractivity contribution is 7.14. The predicted octanol–water partition coefficient (Wildman–Crippen LogP) is 5.14. The molecule has 1 amide bonds. The fourth-order valence-corrected chi connectivity index (χ4v) is 3.76. The summed E-state index contributed by atoms with van der Waals surface area (Å²) in [6.07, 6.45) is 1.74. The predicted molar refractivity (Wildman–Crippen MR) is 119 cm³/mol. The smallest absolute Gasteiger partial charge is 0.259 e. The first kappa shape index (κ1) is 19.7. The summed E-state index contributed by atoms with van der Waals surface area (Å²) >= 11 is 1.37. The maximum atomic E-state index is 13.0. The van der Waals surface area contributed by atoms with Gasteiger partial charge in [-0.2, -0.15) is 0 Å². The monoisotopic (exact) mass is 416 g/mol. The highest BCUT2D eigenvalue weighted by Crippen LogP contribution is 2.28. The summed E-state index contributed by atoms with van der Waals surface area (Å²) in [6, 6.07) is 15.0. The van der Waals surface area contributed by atoms with Gasteiger partial charge in [-0.3, -0.25) is 20.1 Å². The van der Waals surface area contributed by atoms with E-state index in [9.17, 15) is 4.79 Å². The maximum Gasteiger partial charge on any atom is 0.259 e. The van der Waals surface area contributed by atoms with Crippen LogP contribution in [0.5, 0.6) is 5.75 Å². The molecule has 150 valence electrons. The van der Waals surface area contributed by atoms with Crippen molar-refractivity contribution in [1.29, 1.82) is 0 Å². The lowest BCUT2D eigenvalue weighted by molar-refractivity contribution is 0.102. The van der Waals surface area contributed by atoms with Gasteiger partial charge in [0.05, 0.1) is 24.1 Å². The van der Waals surface area contributed by atoms with Crippen molar-refractivity contribution in [2.75, 3.05) is 12.4 Å². The number of nitrogens with one attached hydrogen (secondary N) is 1. The van der Waals surface area contributed by atoms with Crippen LogP contribution in [-0.4, -0.2) is 28.0 Å². The molecule has 4 aromatic rings. The third kappa shape index (κ3) is 4.06. The average Bonchev–Trinajstić information content (AvgIpc) is 3.22. The van der Waals surface area contributed by atoms with E-state index in [1.54, 1.807) is 19.4 Å². The fourth-order valence-electron chi connectivity index (χ4n) is 3.07. The number of hydrogen-bond donors (Lipinski definition) is 1. The Hall–Kier alpha value is -3.58. The van der Waals surface area contributed by atoms with Crippen molar-refractivity contribution in [3.8, 4) is 28.4 Å². The summed E-state index contributed by atoms with van der Waals surface area (Å²) in [5.74, 6) is 0.490. The number of benzene rings is 1. The van der Waals surface area contributed by atoms with Gasteiger partial charge in [-0.15, -0.1) is 11.3 Å². The SMILES string of the molecule is COc1ccc(-c2nc(C)ccc2C(=O)Nc2nc(-c3ncccc3C)cs2)cc1. The van der Waals surface area contributed by atoms with Crippen molar-refractivity contribution in [2.45, 2.75) is 13.8 Å². The van der Waals surface area contributed by atoms with Gasteiger partial charge in [0.15, 0.2) is 5.13 Å². The molecule has 3 heterocycles. The van der Waals surface area contributed by atoms with Crippen molar-refractivity contribution in [3.05, 3.63) is 76.9 Å². The first-order chi connectivity index (χ1) is 14.5. The zero-order valence-corrected chi connectivity index (χ0v) is 17.7. The Bertz CT molecular complexity index is 1200. The van der Waals surface area contributed by atoms with Crippen LogP contribution in [0.2, 0.25) is 0 Å². The number of carbonyl (C=O) groups is 1. The second kappa shape index (κ2) is 8.42. The number of aryl methyl sites for hydroxylation is 2. The Morgan fingerprint density at radius 3 is 2.53 bits per heavy atom. The molecule has 0 unspecified atom stereocenters. The van der Waals surface area contributed by atoms with Crippen molar-refractivity contribution in [3.63, 3.8) is 0 Å². The summed E-state index contributed by atoms with van der Waals surface area (Å²) in [5, 5.41) is 5.30. The number of thiazole rings is 1. The Morgan fingerprint density at radius 1 is 1.00 bits per heavy atom. The molecule has 1 aromatic carbocycles. The number of methoxy groups -OCH3 is 1. The number of carbonyl (C=O) groups excluding carboxylic acids is 1. The van der Waals surface area contributed by atoms with Gasteiger partial charge >= 0.3 is 0 Å². The second-order valence-electron chi connectivity index (χ2n) is 6.74. The number of amides is 1. The minimum absolute atomic E-state index is 0.257. The topological polar surface area (TPSA) is 77.0 Å². The quantitative estimate of drug-likeness (QED) is 0.487. The third-order valence-electron chi connectivity index (χ3n) is 4.62. The van der Waals surface area contributed by atoms with Crippen LogP contribution in [0.4, 0.5) is 5.13 Å². The normalized spacial score (nSPS) is 10.6. The minimum atomic E-state index is -0.257. The molecule has 4 rings (SSSR count). The Kier molecular flexibility index (Phi) is 5.54. The summed E-state index contributed by atoms with van der Waals surface area (Å²) in [4.78, 5) is 26.6. The zero-order chi connectivity index (χ0) is 21.1. The standard InChI is InChI=1S/C23H20N4O2S/c1-14-5-4-12-24-20(14)19-13-30-23(26-19)27-22(28)18-11-6-15(2)25-21(18)16-7-9-17(29-3)10-8-16/h4-13H,1-3H3,(H,26,27,28). The van der Waals surface area contributed by atoms with Gasteiger partial charge in [-0.25, -0.2) is 4.98 Å². The highest BCUT2D eigenvalue weighted by atomic mass is 32.1. The third-order valence-corrected chi connectivity index (χ3v) is 5.38. The number of ether oxygens (including phenoxy) is 1. The maximum absolute atomic E-state index is 13.0. The Labute approximate surface area is 178 Å². The van der Waals surface area contributed by atoms with Gasteiger partial charge in [-0.1, -0.05) is 6.07 Å². The van der Waals surface area contributed by atoms with E-state index >= 15 is 0 Å². The summed E-state index contributed by atoms with van der Waals surface area (Å²) < 4.78 is 5.22. The molecule has 1 N–H and O–H groups in total. The van der Waals surface area contributed by atoms with Crippen molar-refractivity contribution >= 4 is 22.4 Å². The Balaban J connectivity index is 1.62. The number of hydrogen-bond acceptors (Lipinski definition) is 6. The molecule has 6 nitrogen and oxygen atoms in total. The van der Waals surface area contributed by atoms with E-state index in [4.69, 9.17) is 4.74 Å². The van der Waals surface area contributed by atoms with Crippen LogP contribution >= 0.6 is 11.3 Å². The molecule has 0 aliphatic heterocycles. The van der Waals surface area contributed by atoms with Crippen molar-refractivity contribution in [1.82, 2.24) is 15.0 Å². The van der Waals surface area contributed by atoms with Crippen LogP contribution in [0, 0.1) is 13.8 Å². The molecule has 0 spiro atoms. The molecule has 0 aliphatic rings. The second-order valence-corrected chi connectivity index (χ2v) is 7.60. The van der Waals surface area contributed by atoms with Gasteiger partial charge in [0.2, 0.25) is 0 Å². The number of nitrogens with zero attached hydrogens (tertiary/aromatic N) is 3. The summed E-state index contributed by atoms with van der Waals surface area (Å²) in [6.45, 7) is 3.88. The molecule has 3 aromatic heterocycles. The van der Waals surface area contributed by atoms with Gasteiger partial charge in [-0.05, 0) is 61.9 Å². The van der Waals surface area contributed by atoms with E-state index in [0.29, 0.717) is 16.4 Å². The molecule has 0 fully saturated rings. The average molecular weight is 417 g/mol. The molecule has 0 saturated heterocycles. The lowest BCUT2D eigenvalue weighted by atomic mass is 10.0. The largest absolute Gasteiger partial charge is 0.497 e. The molecule has 0 atom stereocenters. The van der Waals surface area contributed by atoms with E-state index in [1.807, 2.05) is 61.7 Å². The Morgan fingerprint density at radius 2 is 1.80 bits per heavy atom. The lowest BCUT2D eigenvalue weighted by Gasteiger charge is -2.10. The molecule has 0 aliphatic carbocycles. The van der Waals surface area contributed by atoms with E-state index in [1.165, 1.54) is 11.3 Å². The summed E-state index contributed by atoms with van der Waals surface area (Å²) in [7, 11) is 1.62. The number of rotatable bonds is 5. The van der Waals surface area contributed by atoms with Gasteiger partial charge in [0, 0.05) is 22.8 Å². The summed E-state index contributed by atoms with van der Waals surface area (Å²) in [5.41, 5.74) is 5.36. The van der Waals surface area contributed by atoms with Crippen molar-refractivity contribution < 1.29 is 9.53 Å². The van der Waals surface area contributed by atoms with Crippen LogP contribution < -0.4 is 10.1 Å². The van der Waals surface area contributed by atoms with E-state index < -0.39 is 0 Å². The number of pyridine rings is 2. The molecule has 0 radical (unpaired) electrons. The molecule has 0 saturated carbocycles. The van der Waals surface area contributed by atoms with Crippen LogP contribution in [0.3, 0.4) is 0 Å². The molecule has 30 heavy (non-hydrogen) atoms. The molecular weight excluding hydrogens is 396 g/mol. The van der Waals surface area contributed by atoms with Crippen molar-refractivity contribution in [2.24, 2.45) is 0 Å². The van der Waals surface area contributed by atoms with E-state index in [-0.39, 0.29) is 5.91 Å². The number of anilines is 1. The van der Waals surface area contributed by atoms with Crippen LogP contribution in [0.1, 0.15) is 21.6 Å². The highest BCUT2D eigenvalue weighted by Gasteiger charge is 2.17. The van der Waals surface area contributed by atoms with Crippen LogP contribution in [-0.2, 0) is 0 Å². The van der Waals surface area contributed by atoms with Crippen LogP contribution in [0.15, 0.2) is 60.1 Å². The van der Waals surface area contributed by atoms with Crippen LogP contribution in [0.25, 0.3) is 22.6 Å². The molecule has 0 bridgehead atoms. The fraction of sp³-hybridized carbons (Fsp3) is 0.130. The van der Waals surface area contributed by atoms with Gasteiger partial charge in [0.25, 0.3) is 5.91 Å². The van der Waals surface area contributed by atoms with E-state index in [0.717, 1.165) is 34.0 Å². The first-order valence-corrected chi connectivity index (χ1v) is 10.2. The van der Waals surface area contributed by atoms with Gasteiger partial charge in [0.1, 0.15) is 11.4 Å². The van der Waals surface area contributed by atoms with E-state index in [2.05, 4.69) is 20.3 Å². The minimum Gasteiger partial charge on any atom is -0.497 e. The lowest BCUT2D eigenvalue weighted by Crippen LogP contribution is -2.14. The number of aromatic nitrogens is 3. The first-order valence-electron chi connectivity index (χ1n) is 9.36.